The molecule has 0 spiro atoms. The Bertz CT molecular complexity index is 852. The second-order valence-corrected chi connectivity index (χ2v) is 8.42. The number of ether oxygens (including phenoxy) is 3. The van der Waals surface area contributed by atoms with Crippen LogP contribution in [0.1, 0.15) is 31.7 Å². The number of hydrogen-bond acceptors (Lipinski definition) is 12. The van der Waals surface area contributed by atoms with Crippen molar-refractivity contribution in [3.8, 4) is 0 Å². The lowest BCUT2D eigenvalue weighted by atomic mass is 10.1. The Labute approximate surface area is 202 Å². The standard InChI is InChI=1S/C22H31N3O8S/c1-13(31-21(29)16(24)12-14-6-4-3-5-7-14)19(25)22(30)33-18(27)9-8-17(26)32-20(28)15(23)10-11-34-2/h3-7,13,15-16,19H,8-12,23-25H2,1-2H3/t13-,15+,16+,19+/m1/s1. The van der Waals surface area contributed by atoms with Crippen molar-refractivity contribution in [1.29, 1.82) is 0 Å². The van der Waals surface area contributed by atoms with Crippen LogP contribution in [0, 0.1) is 0 Å². The van der Waals surface area contributed by atoms with Crippen molar-refractivity contribution in [3.63, 3.8) is 0 Å². The van der Waals surface area contributed by atoms with Crippen LogP contribution in [0.2, 0.25) is 0 Å². The largest absolute Gasteiger partial charge is 0.459 e. The summed E-state index contributed by atoms with van der Waals surface area (Å²) in [5.74, 6) is -4.23. The molecule has 0 aliphatic carbocycles. The van der Waals surface area contributed by atoms with Gasteiger partial charge in [0.25, 0.3) is 0 Å². The number of hydrogen-bond donors (Lipinski definition) is 3. The molecule has 11 nitrogen and oxygen atoms in total. The van der Waals surface area contributed by atoms with Crippen LogP contribution in [0.15, 0.2) is 30.3 Å². The molecular weight excluding hydrogens is 466 g/mol. The molecule has 1 aromatic rings. The molecule has 0 aromatic heterocycles. The third kappa shape index (κ3) is 10.9. The molecule has 0 amide bonds. The fraction of sp³-hybridized carbons (Fsp3) is 0.500. The van der Waals surface area contributed by atoms with E-state index >= 15 is 0 Å². The Hall–Kier alpha value is -2.80. The monoisotopic (exact) mass is 497 g/mol. The molecule has 0 saturated heterocycles. The predicted octanol–water partition coefficient (Wildman–Crippen LogP) is -0.184. The zero-order valence-electron chi connectivity index (χ0n) is 19.1. The maximum absolute atomic E-state index is 12.2. The Kier molecular flexibility index (Phi) is 13.0. The van der Waals surface area contributed by atoms with Gasteiger partial charge in [-0.1, -0.05) is 30.3 Å². The van der Waals surface area contributed by atoms with Gasteiger partial charge in [0.05, 0.1) is 12.8 Å². The van der Waals surface area contributed by atoms with Crippen molar-refractivity contribution < 1.29 is 38.2 Å². The normalized spacial score (nSPS) is 14.3. The lowest BCUT2D eigenvalue weighted by Gasteiger charge is -2.20. The highest BCUT2D eigenvalue weighted by Gasteiger charge is 2.29. The minimum Gasteiger partial charge on any atom is -0.459 e. The van der Waals surface area contributed by atoms with Gasteiger partial charge >= 0.3 is 29.8 Å². The van der Waals surface area contributed by atoms with Crippen molar-refractivity contribution in [2.24, 2.45) is 17.2 Å². The van der Waals surface area contributed by atoms with Crippen molar-refractivity contribution in [2.45, 2.75) is 56.8 Å². The quantitative estimate of drug-likeness (QED) is 0.185. The highest BCUT2D eigenvalue weighted by Crippen LogP contribution is 2.07. The van der Waals surface area contributed by atoms with Gasteiger partial charge in [0, 0.05) is 0 Å². The van der Waals surface area contributed by atoms with E-state index in [4.69, 9.17) is 21.9 Å². The molecule has 0 unspecified atom stereocenters. The van der Waals surface area contributed by atoms with Crippen LogP contribution in [0.25, 0.3) is 0 Å². The maximum atomic E-state index is 12.2. The summed E-state index contributed by atoms with van der Waals surface area (Å²) in [6, 6.07) is 5.66. The average Bonchev–Trinajstić information content (AvgIpc) is 2.80. The number of esters is 5. The van der Waals surface area contributed by atoms with Gasteiger partial charge in [0.15, 0.2) is 0 Å². The van der Waals surface area contributed by atoms with Gasteiger partial charge < -0.3 is 31.4 Å². The molecule has 0 heterocycles. The first-order chi connectivity index (χ1) is 16.0. The second-order valence-electron chi connectivity index (χ2n) is 7.44. The number of carbonyl (C=O) groups excluding carboxylic acids is 5. The van der Waals surface area contributed by atoms with Crippen molar-refractivity contribution in [2.75, 3.05) is 12.0 Å². The Balaban J connectivity index is 2.40. The summed E-state index contributed by atoms with van der Waals surface area (Å²) in [6.07, 6.45) is 0.253. The molecule has 0 aliphatic rings. The molecule has 0 radical (unpaired) electrons. The van der Waals surface area contributed by atoms with E-state index in [1.165, 1.54) is 18.7 Å². The van der Waals surface area contributed by atoms with E-state index in [-0.39, 0.29) is 6.42 Å². The first-order valence-electron chi connectivity index (χ1n) is 10.5. The molecule has 188 valence electrons. The lowest BCUT2D eigenvalue weighted by molar-refractivity contribution is -0.168. The number of carbonyl (C=O) groups is 5. The minimum absolute atomic E-state index is 0.228. The van der Waals surface area contributed by atoms with E-state index in [1.807, 2.05) is 12.3 Å². The van der Waals surface area contributed by atoms with E-state index in [0.717, 1.165) is 5.56 Å². The molecule has 34 heavy (non-hydrogen) atoms. The van der Waals surface area contributed by atoms with Gasteiger partial charge in [0.2, 0.25) is 0 Å². The molecule has 0 saturated carbocycles. The molecule has 6 N–H and O–H groups in total. The predicted molar refractivity (Wildman–Crippen MR) is 124 cm³/mol. The van der Waals surface area contributed by atoms with Crippen LogP contribution >= 0.6 is 11.8 Å². The molecule has 1 rings (SSSR count). The molecule has 0 aliphatic heterocycles. The zero-order valence-corrected chi connectivity index (χ0v) is 20.0. The van der Waals surface area contributed by atoms with Crippen LogP contribution in [0.5, 0.6) is 0 Å². The Morgan fingerprint density at radius 3 is 1.97 bits per heavy atom. The van der Waals surface area contributed by atoms with Crippen LogP contribution in [-0.2, 0) is 44.6 Å². The van der Waals surface area contributed by atoms with E-state index in [9.17, 15) is 24.0 Å². The van der Waals surface area contributed by atoms with E-state index in [0.29, 0.717) is 12.2 Å². The molecule has 0 fully saturated rings. The van der Waals surface area contributed by atoms with Gasteiger partial charge in [-0.3, -0.25) is 14.4 Å². The van der Waals surface area contributed by atoms with E-state index in [1.54, 1.807) is 24.3 Å². The maximum Gasteiger partial charge on any atom is 0.334 e. The van der Waals surface area contributed by atoms with Crippen LogP contribution < -0.4 is 17.2 Å². The first-order valence-corrected chi connectivity index (χ1v) is 11.9. The van der Waals surface area contributed by atoms with Crippen LogP contribution in [-0.4, -0.2) is 66.1 Å². The van der Waals surface area contributed by atoms with E-state index < -0.39 is 66.9 Å². The molecule has 12 heteroatoms. The summed E-state index contributed by atoms with van der Waals surface area (Å²) in [4.78, 5) is 59.4. The molecule has 0 bridgehead atoms. The minimum atomic E-state index is -1.46. The summed E-state index contributed by atoms with van der Waals surface area (Å²) in [6.45, 7) is 1.35. The summed E-state index contributed by atoms with van der Waals surface area (Å²) < 4.78 is 14.3. The van der Waals surface area contributed by atoms with Gasteiger partial charge in [-0.15, -0.1) is 0 Å². The smallest absolute Gasteiger partial charge is 0.334 e. The van der Waals surface area contributed by atoms with Gasteiger partial charge in [-0.25, -0.2) is 9.59 Å². The fourth-order valence-electron chi connectivity index (χ4n) is 2.52. The van der Waals surface area contributed by atoms with E-state index in [2.05, 4.69) is 9.47 Å². The highest BCUT2D eigenvalue weighted by atomic mass is 32.2. The summed E-state index contributed by atoms with van der Waals surface area (Å²) >= 11 is 1.48. The molecular formula is C22H31N3O8S. The SMILES string of the molecule is CSCC[C@H](N)C(=O)OC(=O)CCC(=O)OC(=O)[C@@H](N)[C@@H](C)OC(=O)[C@@H](N)Cc1ccccc1. The van der Waals surface area contributed by atoms with Gasteiger partial charge in [-0.05, 0) is 37.3 Å². The summed E-state index contributed by atoms with van der Waals surface area (Å²) in [7, 11) is 0. The first kappa shape index (κ1) is 29.2. The number of rotatable bonds is 13. The van der Waals surface area contributed by atoms with Crippen molar-refractivity contribution in [1.82, 2.24) is 0 Å². The lowest BCUT2D eigenvalue weighted by Crippen LogP contribution is -2.47. The summed E-state index contributed by atoms with van der Waals surface area (Å²) in [5, 5.41) is 0. The third-order valence-corrected chi connectivity index (χ3v) is 5.22. The zero-order chi connectivity index (χ0) is 25.7. The number of thioether (sulfide) groups is 1. The van der Waals surface area contributed by atoms with Gasteiger partial charge in [-0.2, -0.15) is 11.8 Å². The fourth-order valence-corrected chi connectivity index (χ4v) is 3.01. The topological polar surface area (TPSA) is 191 Å². The highest BCUT2D eigenvalue weighted by molar-refractivity contribution is 7.98. The third-order valence-electron chi connectivity index (χ3n) is 4.58. The number of nitrogens with two attached hydrogens (primary N) is 3. The average molecular weight is 498 g/mol. The second kappa shape index (κ2) is 15.2. The molecule has 4 atom stereocenters. The summed E-state index contributed by atoms with van der Waals surface area (Å²) in [5.41, 5.74) is 18.0. The molecule has 1 aromatic carbocycles. The van der Waals surface area contributed by atoms with Crippen LogP contribution in [0.3, 0.4) is 0 Å². The van der Waals surface area contributed by atoms with Crippen LogP contribution in [0.4, 0.5) is 0 Å². The Morgan fingerprint density at radius 1 is 0.853 bits per heavy atom. The van der Waals surface area contributed by atoms with Crippen molar-refractivity contribution >= 4 is 41.6 Å². The van der Waals surface area contributed by atoms with Gasteiger partial charge in [0.1, 0.15) is 24.2 Å². The Morgan fingerprint density at radius 2 is 1.41 bits per heavy atom. The number of benzene rings is 1. The van der Waals surface area contributed by atoms with Crippen molar-refractivity contribution in [3.05, 3.63) is 35.9 Å².